The summed E-state index contributed by atoms with van der Waals surface area (Å²) in [5.74, 6) is -7.36. The summed E-state index contributed by atoms with van der Waals surface area (Å²) in [6, 6.07) is -8.57. The van der Waals surface area contributed by atoms with E-state index in [2.05, 4.69) is 25.1 Å². The molecule has 0 aromatic carbocycles. The van der Waals surface area contributed by atoms with Crippen LogP contribution in [0.1, 0.15) is 0 Å². The first-order valence-corrected chi connectivity index (χ1v) is 40.2. The van der Waals surface area contributed by atoms with Crippen molar-refractivity contribution in [2.24, 2.45) is 0 Å². The molecule has 70 heteroatoms. The van der Waals surface area contributed by atoms with Gasteiger partial charge in [-0.05, 0) is 0 Å². The van der Waals surface area contributed by atoms with Gasteiger partial charge in [0.05, 0.1) is 19.8 Å². The number of carboxylic acid groups (broad SMARTS) is 3. The topological polar surface area (TPSA) is 945 Å². The minimum Gasteiger partial charge on any atom is -0.479 e. The molecular weight excluding hydrogens is 1700 g/mol. The van der Waals surface area contributed by atoms with E-state index in [4.69, 9.17) is 56.8 Å². The Hall–Kier alpha value is -3.52. The van der Waals surface area contributed by atoms with Gasteiger partial charge in [0.15, 0.2) is 74.4 Å². The highest BCUT2D eigenvalue weighted by molar-refractivity contribution is 7.84. The van der Waals surface area contributed by atoms with Crippen molar-refractivity contribution in [1.29, 1.82) is 0 Å². The maximum Gasteiger partial charge on any atom is 0.397 e. The van der Waals surface area contributed by atoms with Crippen LogP contribution >= 0.6 is 0 Å². The quantitative estimate of drug-likeness (QED) is 0.0262. The van der Waals surface area contributed by atoms with Crippen molar-refractivity contribution >= 4 is 111 Å². The van der Waals surface area contributed by atoms with E-state index < -0.39 is 315 Å². The molecule has 107 heavy (non-hydrogen) atoms. The van der Waals surface area contributed by atoms with Crippen LogP contribution in [0.2, 0.25) is 0 Å². The van der Waals surface area contributed by atoms with Gasteiger partial charge in [-0.2, -0.15) is 89.9 Å². The van der Waals surface area contributed by atoms with Gasteiger partial charge in [0.2, 0.25) is 0 Å². The lowest BCUT2D eigenvalue weighted by atomic mass is 9.94. The number of carbonyl (C=O) groups is 3. The zero-order valence-corrected chi connectivity index (χ0v) is 58.9. The second-order valence-electron chi connectivity index (χ2n) is 22.1. The van der Waals surface area contributed by atoms with E-state index in [0.717, 1.165) is 16.6 Å². The number of rotatable bonds is 35. The van der Waals surface area contributed by atoms with Crippen molar-refractivity contribution in [3.05, 3.63) is 0 Å². The average Bonchev–Trinajstić information content (AvgIpc) is 0.760. The molecule has 6 saturated heterocycles. The molecule has 0 saturated carbocycles. The van der Waals surface area contributed by atoms with E-state index in [9.17, 15) is 182 Å². The second-order valence-corrected chi connectivity index (χ2v) is 32.0. The van der Waals surface area contributed by atoms with Crippen LogP contribution in [0.5, 0.6) is 0 Å². The molecule has 0 radical (unpaired) electrons. The fraction of sp³-hybridized carbons (Fsp3) is 0.919. The summed E-state index contributed by atoms with van der Waals surface area (Å²) in [4.78, 5) is 38.2. The Bertz CT molecular complexity index is 4210. The van der Waals surface area contributed by atoms with Gasteiger partial charge in [-0.25, -0.2) is 39.5 Å². The maximum absolute atomic E-state index is 13.2. The molecule has 6 heterocycles. The van der Waals surface area contributed by atoms with E-state index >= 15 is 0 Å². The second kappa shape index (κ2) is 35.1. The predicted molar refractivity (Wildman–Crippen MR) is 305 cm³/mol. The molecule has 0 aliphatic carbocycles. The van der Waals surface area contributed by atoms with Crippen molar-refractivity contribution in [2.45, 2.75) is 184 Å². The highest BCUT2D eigenvalue weighted by Crippen LogP contribution is 2.40. The van der Waals surface area contributed by atoms with Crippen molar-refractivity contribution in [1.82, 2.24) is 14.2 Å². The maximum atomic E-state index is 13.2. The lowest BCUT2D eigenvalue weighted by Crippen LogP contribution is -2.71. The van der Waals surface area contributed by atoms with E-state index in [1.807, 2.05) is 0 Å². The fourth-order valence-electron chi connectivity index (χ4n) is 10.7. The monoisotopic (exact) mass is 1760 g/mol. The molecule has 0 spiro atoms. The Morgan fingerprint density at radius 2 is 0.542 bits per heavy atom. The molecule has 626 valence electrons. The first-order valence-electron chi connectivity index (χ1n) is 27.7. The molecule has 6 aliphatic rings. The van der Waals surface area contributed by atoms with Gasteiger partial charge in [-0.1, -0.05) is 0 Å². The van der Waals surface area contributed by atoms with Gasteiger partial charge in [0.25, 0.3) is 0 Å². The molecule has 6 fully saturated rings. The molecular formula is C37H61N3O58S9. The number of carboxylic acids is 3. The standard InChI is InChI=1S/C37H61N3O58S9/c1-81-32-8(38-99(54,55)56)11(41)18(5(85-32)2-82-102(63,64)65)89-36-25(97-106(75,76)77)16(46)21(27(94-36)30(50)51)92-34-10(40-101(60,61)62)13(43)20(7(87-34)4-84-104(69,70)71)90-37-26(98-107(78,79)80)17(47)22(28(95-37)31(52)53)91-33-9(39-100(57,58)59)12(42)19(6(86-33)3-83-103(66,67)68)88-35-24(96-105(72,73)74)15(45)14(44)23(93-35)29(48)49/h5-28,32-47H,2-4H2,1H3,(H,48,49)(H,50,51)(H,52,53)(H,54,55,56)(H,57,58,59)(H,60,61,62)(H,63,64,65)(H,66,67,68)(H,69,70,71)(H,72,73,74)(H,75,76,77)(H,78,79,80)/t5-,6-,7-,8-,9-,10-,11-,12-,13-,14+,15+,16+,17+,18-,19-,20-,21+,22+,23-,24?,25-,26-,27-,28-,32+,33-,34-,35-,36-,37-/m1/s1. The average molecular weight is 1760 g/mol. The molecule has 0 aromatic heterocycles. The van der Waals surface area contributed by atoms with Crippen molar-refractivity contribution < 1.29 is 264 Å². The first kappa shape index (κ1) is 92.3. The van der Waals surface area contributed by atoms with Crippen molar-refractivity contribution in [3.8, 4) is 0 Å². The van der Waals surface area contributed by atoms with E-state index in [1.54, 1.807) is 0 Å². The highest BCUT2D eigenvalue weighted by Gasteiger charge is 2.62. The number of aliphatic carboxylic acids is 3. The smallest absolute Gasteiger partial charge is 0.397 e. The summed E-state index contributed by atoms with van der Waals surface area (Å²) in [7, 11) is -52.7. The summed E-state index contributed by atoms with van der Waals surface area (Å²) in [6.07, 6.45) is -81.5. The minimum absolute atomic E-state index is 0.719. The van der Waals surface area contributed by atoms with Crippen molar-refractivity contribution in [2.75, 3.05) is 26.9 Å². The SMILES string of the molecule is CO[C@H]1O[C@H](COS(=O)(=O)O)[C@@H](O[C@@H]2O[C@@H](C(=O)O)[C@@H](O[C@H]3O[C@H](COS(=O)(=O)O)[C@@H](O[C@@H]4O[C@@H](C(=O)O)[C@@H](O[C@H]5O[C@H](COS(=O)(=O)O)[C@@H](O[C@@H]6O[C@@H](C(=O)O)[C@@H](O)[C@H](O)C6OS(=O)(=O)O)[C@H](O)[C@H]5NS(=O)(=O)O)[C@H](O)[C@H]4OS(=O)(=O)O)[C@H](O)[C@H]3NS(=O)(=O)O)[C@H](O)[C@H]2OS(=O)(=O)O)[C@H](O)[C@H]1NS(=O)(=O)O. The Morgan fingerprint density at radius 1 is 0.299 bits per heavy atom. The number of aliphatic hydroxyl groups is 7. The molecule has 30 atom stereocenters. The fourth-order valence-corrected chi connectivity index (χ4v) is 14.8. The van der Waals surface area contributed by atoms with Crippen LogP contribution in [0.25, 0.3) is 0 Å². The predicted octanol–water partition coefficient (Wildman–Crippen LogP) is -16.0. The third-order valence-electron chi connectivity index (χ3n) is 14.7. The number of hydrogen-bond acceptors (Lipinski definition) is 46. The summed E-state index contributed by atoms with van der Waals surface area (Å²) in [6.45, 7) is -5.50. The van der Waals surface area contributed by atoms with E-state index in [0.29, 0.717) is 0 Å². The van der Waals surface area contributed by atoms with Crippen LogP contribution in [0.15, 0.2) is 0 Å². The minimum atomic E-state index is -6.35. The third kappa shape index (κ3) is 26.3. The lowest BCUT2D eigenvalue weighted by Gasteiger charge is -2.50. The van der Waals surface area contributed by atoms with Crippen molar-refractivity contribution in [3.63, 3.8) is 0 Å². The number of ether oxygens (including phenoxy) is 12. The van der Waals surface area contributed by atoms with Crippen LogP contribution in [-0.4, -0.2) is 397 Å². The lowest BCUT2D eigenvalue weighted by molar-refractivity contribution is -0.375. The number of aliphatic hydroxyl groups excluding tert-OH is 7. The Morgan fingerprint density at radius 3 is 0.785 bits per heavy atom. The Labute approximate surface area is 597 Å². The molecule has 61 nitrogen and oxygen atoms in total. The van der Waals surface area contributed by atoms with Gasteiger partial charge in [0.1, 0.15) is 110 Å². The summed E-state index contributed by atoms with van der Waals surface area (Å²) < 4.78 is 398. The van der Waals surface area contributed by atoms with Gasteiger partial charge in [-0.3, -0.25) is 41.0 Å². The van der Waals surface area contributed by atoms with Crippen LogP contribution < -0.4 is 14.2 Å². The molecule has 22 N–H and O–H groups in total. The Balaban J connectivity index is 1.41. The number of hydrogen-bond donors (Lipinski definition) is 22. The van der Waals surface area contributed by atoms with E-state index in [1.165, 1.54) is 4.72 Å². The number of nitrogens with one attached hydrogen (secondary N) is 3. The van der Waals surface area contributed by atoms with Crippen LogP contribution in [-0.2, 0) is 190 Å². The third-order valence-corrected chi connectivity index (χ3v) is 19.1. The highest BCUT2D eigenvalue weighted by atomic mass is 32.3. The van der Waals surface area contributed by atoms with Crippen LogP contribution in [0.3, 0.4) is 0 Å². The largest absolute Gasteiger partial charge is 0.479 e. The molecule has 0 amide bonds. The van der Waals surface area contributed by atoms with Crippen LogP contribution in [0.4, 0.5) is 0 Å². The van der Waals surface area contributed by atoms with Gasteiger partial charge >= 0.3 is 111 Å². The molecule has 0 bridgehead atoms. The molecule has 0 aromatic rings. The molecule has 1 unspecified atom stereocenters. The first-order chi connectivity index (χ1) is 48.5. The summed E-state index contributed by atoms with van der Waals surface area (Å²) in [5.41, 5.74) is 0. The van der Waals surface area contributed by atoms with Crippen LogP contribution in [0, 0.1) is 0 Å². The van der Waals surface area contributed by atoms with E-state index in [-0.39, 0.29) is 0 Å². The van der Waals surface area contributed by atoms with Gasteiger partial charge in [0, 0.05) is 7.11 Å². The summed E-state index contributed by atoms with van der Waals surface area (Å²) in [5, 5.41) is 110. The Kier molecular flexibility index (Phi) is 30.3. The zero-order valence-electron chi connectivity index (χ0n) is 51.5. The van der Waals surface area contributed by atoms with Gasteiger partial charge in [-0.15, -0.1) is 0 Å². The van der Waals surface area contributed by atoms with Gasteiger partial charge < -0.3 is 108 Å². The number of methoxy groups -OCH3 is 1. The normalized spacial score (nSPS) is 39.1. The zero-order chi connectivity index (χ0) is 81.5. The molecule has 6 rings (SSSR count). The molecule has 6 aliphatic heterocycles. The summed E-state index contributed by atoms with van der Waals surface area (Å²) >= 11 is 0.